The molecular formula is C14H20BrF. The summed E-state index contributed by atoms with van der Waals surface area (Å²) in [6.45, 7) is 6.51. The molecule has 1 rings (SSSR count). The van der Waals surface area contributed by atoms with Crippen LogP contribution in [0.3, 0.4) is 0 Å². The first-order chi connectivity index (χ1) is 7.52. The van der Waals surface area contributed by atoms with Crippen LogP contribution in [0.25, 0.3) is 0 Å². The average Bonchev–Trinajstić information content (AvgIpc) is 2.21. The highest BCUT2D eigenvalue weighted by Gasteiger charge is 2.12. The van der Waals surface area contributed by atoms with Crippen molar-refractivity contribution < 1.29 is 4.39 Å². The van der Waals surface area contributed by atoms with E-state index < -0.39 is 0 Å². The Morgan fingerprint density at radius 3 is 2.56 bits per heavy atom. The third kappa shape index (κ3) is 4.25. The number of benzene rings is 1. The molecule has 0 amide bonds. The van der Waals surface area contributed by atoms with Crippen LogP contribution in [-0.2, 0) is 6.42 Å². The molecule has 1 aromatic rings. The van der Waals surface area contributed by atoms with Gasteiger partial charge in [-0.15, -0.1) is 0 Å². The molecule has 90 valence electrons. The third-order valence-corrected chi connectivity index (χ3v) is 3.76. The molecule has 1 aromatic carbocycles. The van der Waals surface area contributed by atoms with Gasteiger partial charge in [0.1, 0.15) is 5.82 Å². The fourth-order valence-electron chi connectivity index (χ4n) is 2.04. The molecule has 0 aliphatic heterocycles. The van der Waals surface area contributed by atoms with Crippen LogP contribution in [0, 0.1) is 24.6 Å². The van der Waals surface area contributed by atoms with Crippen LogP contribution < -0.4 is 0 Å². The Kier molecular flexibility index (Phi) is 5.47. The van der Waals surface area contributed by atoms with Crippen LogP contribution in [0.5, 0.6) is 0 Å². The monoisotopic (exact) mass is 286 g/mol. The van der Waals surface area contributed by atoms with Gasteiger partial charge < -0.3 is 0 Å². The highest BCUT2D eigenvalue weighted by Crippen LogP contribution is 2.21. The standard InChI is InChI=1S/C14H20BrF/c1-10(2)6-12(9-15)7-13-8-14(16)5-4-11(13)3/h4-5,8,10,12H,6-7,9H2,1-3H3. The Bertz CT molecular complexity index is 334. The maximum Gasteiger partial charge on any atom is 0.123 e. The lowest BCUT2D eigenvalue weighted by Crippen LogP contribution is -2.10. The molecule has 0 aliphatic carbocycles. The van der Waals surface area contributed by atoms with Gasteiger partial charge in [0.15, 0.2) is 0 Å². The van der Waals surface area contributed by atoms with Gasteiger partial charge in [-0.3, -0.25) is 0 Å². The second kappa shape index (κ2) is 6.39. The van der Waals surface area contributed by atoms with Gasteiger partial charge in [0, 0.05) is 5.33 Å². The molecule has 0 aromatic heterocycles. The van der Waals surface area contributed by atoms with Gasteiger partial charge >= 0.3 is 0 Å². The van der Waals surface area contributed by atoms with Gasteiger partial charge in [-0.25, -0.2) is 4.39 Å². The Hall–Kier alpha value is -0.370. The Balaban J connectivity index is 2.73. The van der Waals surface area contributed by atoms with E-state index in [9.17, 15) is 4.39 Å². The molecule has 0 bridgehead atoms. The number of rotatable bonds is 5. The third-order valence-electron chi connectivity index (χ3n) is 2.84. The fraction of sp³-hybridized carbons (Fsp3) is 0.571. The van der Waals surface area contributed by atoms with Crippen molar-refractivity contribution >= 4 is 15.9 Å². The summed E-state index contributed by atoms with van der Waals surface area (Å²) in [4.78, 5) is 0. The second-order valence-electron chi connectivity index (χ2n) is 4.92. The van der Waals surface area contributed by atoms with Gasteiger partial charge in [-0.05, 0) is 54.9 Å². The van der Waals surface area contributed by atoms with Crippen molar-refractivity contribution in [1.82, 2.24) is 0 Å². The topological polar surface area (TPSA) is 0 Å². The van der Waals surface area contributed by atoms with Crippen LogP contribution in [0.2, 0.25) is 0 Å². The van der Waals surface area contributed by atoms with Crippen molar-refractivity contribution in [2.45, 2.75) is 33.6 Å². The molecule has 2 heteroatoms. The smallest absolute Gasteiger partial charge is 0.123 e. The zero-order valence-electron chi connectivity index (χ0n) is 10.3. The predicted octanol–water partition coefficient (Wildman–Crippen LogP) is 4.73. The van der Waals surface area contributed by atoms with E-state index in [2.05, 4.69) is 36.7 Å². The molecular weight excluding hydrogens is 267 g/mol. The summed E-state index contributed by atoms with van der Waals surface area (Å²) in [5, 5.41) is 0.987. The lowest BCUT2D eigenvalue weighted by atomic mass is 9.91. The van der Waals surface area contributed by atoms with Crippen LogP contribution >= 0.6 is 15.9 Å². The Labute approximate surface area is 106 Å². The Morgan fingerprint density at radius 1 is 1.31 bits per heavy atom. The van der Waals surface area contributed by atoms with Crippen molar-refractivity contribution in [2.24, 2.45) is 11.8 Å². The summed E-state index contributed by atoms with van der Waals surface area (Å²) in [6, 6.07) is 5.07. The van der Waals surface area contributed by atoms with Gasteiger partial charge in [-0.2, -0.15) is 0 Å². The number of hydrogen-bond donors (Lipinski definition) is 0. The van der Waals surface area contributed by atoms with Crippen molar-refractivity contribution in [3.8, 4) is 0 Å². The van der Waals surface area contributed by atoms with Crippen LogP contribution in [0.15, 0.2) is 18.2 Å². The zero-order chi connectivity index (χ0) is 12.1. The second-order valence-corrected chi connectivity index (χ2v) is 5.57. The van der Waals surface area contributed by atoms with Gasteiger partial charge in [-0.1, -0.05) is 35.8 Å². The van der Waals surface area contributed by atoms with Crippen molar-refractivity contribution in [3.05, 3.63) is 35.1 Å². The number of alkyl halides is 1. The highest BCUT2D eigenvalue weighted by molar-refractivity contribution is 9.09. The van der Waals surface area contributed by atoms with Crippen LogP contribution in [0.1, 0.15) is 31.4 Å². The minimum Gasteiger partial charge on any atom is -0.207 e. The van der Waals surface area contributed by atoms with E-state index in [1.807, 2.05) is 6.07 Å². The van der Waals surface area contributed by atoms with E-state index in [0.717, 1.165) is 17.3 Å². The SMILES string of the molecule is Cc1ccc(F)cc1CC(CBr)CC(C)C. The number of aryl methyl sites for hydroxylation is 1. The Morgan fingerprint density at radius 2 is 2.00 bits per heavy atom. The van der Waals surface area contributed by atoms with Crippen molar-refractivity contribution in [3.63, 3.8) is 0 Å². The summed E-state index contributed by atoms with van der Waals surface area (Å²) >= 11 is 3.55. The molecule has 0 heterocycles. The largest absolute Gasteiger partial charge is 0.207 e. The van der Waals surface area contributed by atoms with E-state index in [1.165, 1.54) is 18.1 Å². The summed E-state index contributed by atoms with van der Waals surface area (Å²) in [7, 11) is 0. The van der Waals surface area contributed by atoms with E-state index in [0.29, 0.717) is 11.8 Å². The number of halogens is 2. The normalized spacial score (nSPS) is 13.1. The van der Waals surface area contributed by atoms with Crippen molar-refractivity contribution in [2.75, 3.05) is 5.33 Å². The first kappa shape index (κ1) is 13.7. The zero-order valence-corrected chi connectivity index (χ0v) is 11.8. The molecule has 0 nitrogen and oxygen atoms in total. The van der Waals surface area contributed by atoms with Gasteiger partial charge in [0.05, 0.1) is 0 Å². The molecule has 16 heavy (non-hydrogen) atoms. The minimum absolute atomic E-state index is 0.126. The van der Waals surface area contributed by atoms with E-state index in [1.54, 1.807) is 6.07 Å². The van der Waals surface area contributed by atoms with Crippen LogP contribution in [-0.4, -0.2) is 5.33 Å². The molecule has 0 aliphatic rings. The van der Waals surface area contributed by atoms with Crippen LogP contribution in [0.4, 0.5) is 4.39 Å². The maximum atomic E-state index is 13.2. The average molecular weight is 287 g/mol. The molecule has 0 fully saturated rings. The predicted molar refractivity (Wildman–Crippen MR) is 71.6 cm³/mol. The molecule has 0 saturated carbocycles. The fourth-order valence-corrected chi connectivity index (χ4v) is 2.53. The summed E-state index contributed by atoms with van der Waals surface area (Å²) < 4.78 is 13.2. The summed E-state index contributed by atoms with van der Waals surface area (Å²) in [6.07, 6.45) is 2.15. The first-order valence-electron chi connectivity index (χ1n) is 5.84. The lowest BCUT2D eigenvalue weighted by molar-refractivity contribution is 0.444. The quantitative estimate of drug-likeness (QED) is 0.686. The highest BCUT2D eigenvalue weighted by atomic mass is 79.9. The van der Waals surface area contributed by atoms with E-state index in [4.69, 9.17) is 0 Å². The summed E-state index contributed by atoms with van der Waals surface area (Å²) in [5.74, 6) is 1.16. The molecule has 1 unspecified atom stereocenters. The van der Waals surface area contributed by atoms with Gasteiger partial charge in [0.2, 0.25) is 0 Å². The first-order valence-corrected chi connectivity index (χ1v) is 6.96. The maximum absolute atomic E-state index is 13.2. The lowest BCUT2D eigenvalue weighted by Gasteiger charge is -2.17. The molecule has 0 radical (unpaired) electrons. The number of hydrogen-bond acceptors (Lipinski definition) is 0. The minimum atomic E-state index is -0.126. The molecule has 0 saturated heterocycles. The molecule has 1 atom stereocenters. The molecule has 0 N–H and O–H groups in total. The van der Waals surface area contributed by atoms with Crippen molar-refractivity contribution in [1.29, 1.82) is 0 Å². The molecule has 0 spiro atoms. The summed E-state index contributed by atoms with van der Waals surface area (Å²) in [5.41, 5.74) is 2.33. The van der Waals surface area contributed by atoms with Gasteiger partial charge in [0.25, 0.3) is 0 Å². The van der Waals surface area contributed by atoms with E-state index in [-0.39, 0.29) is 5.82 Å². The van der Waals surface area contributed by atoms with E-state index >= 15 is 0 Å².